The molecule has 0 radical (unpaired) electrons. The van der Waals surface area contributed by atoms with Crippen molar-refractivity contribution in [2.75, 3.05) is 17.2 Å². The molecule has 1 aromatic rings. The lowest BCUT2D eigenvalue weighted by Crippen LogP contribution is -2.17. The van der Waals surface area contributed by atoms with Gasteiger partial charge in [0.05, 0.1) is 0 Å². The summed E-state index contributed by atoms with van der Waals surface area (Å²) in [5, 5.41) is 6.42. The van der Waals surface area contributed by atoms with Crippen LogP contribution in [-0.2, 0) is 11.2 Å². The Hall–Kier alpha value is -1.51. The van der Waals surface area contributed by atoms with Crippen molar-refractivity contribution in [3.63, 3.8) is 0 Å². The van der Waals surface area contributed by atoms with Crippen LogP contribution in [0.1, 0.15) is 38.7 Å². The number of carbonyl (C=O) groups excluding carboxylic acids is 1. The van der Waals surface area contributed by atoms with Crippen LogP contribution in [0, 0.1) is 5.92 Å². The molecule has 0 atom stereocenters. The molecule has 2 N–H and O–H groups in total. The molecule has 0 spiro atoms. The Morgan fingerprint density at radius 1 is 1.44 bits per heavy atom. The zero-order valence-electron chi connectivity index (χ0n) is 11.3. The molecule has 0 aliphatic carbocycles. The number of anilines is 2. The van der Waals surface area contributed by atoms with Crippen molar-refractivity contribution in [3.05, 3.63) is 23.8 Å². The number of carbonyl (C=O) groups is 1. The lowest BCUT2D eigenvalue weighted by molar-refractivity contribution is -0.116. The van der Waals surface area contributed by atoms with E-state index in [1.165, 1.54) is 11.3 Å². The summed E-state index contributed by atoms with van der Waals surface area (Å²) in [4.78, 5) is 11.9. The molecule has 1 heterocycles. The Morgan fingerprint density at radius 2 is 2.28 bits per heavy atom. The van der Waals surface area contributed by atoms with Crippen LogP contribution in [0.2, 0.25) is 0 Å². The largest absolute Gasteiger partial charge is 0.385 e. The fourth-order valence-electron chi connectivity index (χ4n) is 2.26. The number of nitrogens with one attached hydrogen (secondary N) is 2. The first kappa shape index (κ1) is 12.9. The minimum absolute atomic E-state index is 0.127. The third-order valence-electron chi connectivity index (χ3n) is 3.32. The molecule has 0 saturated carbocycles. The van der Waals surface area contributed by atoms with Crippen LogP contribution in [-0.4, -0.2) is 12.5 Å². The van der Waals surface area contributed by atoms with Gasteiger partial charge in [-0.3, -0.25) is 4.79 Å². The van der Waals surface area contributed by atoms with E-state index in [-0.39, 0.29) is 5.91 Å². The Bertz CT molecular complexity index is 427. The maximum atomic E-state index is 11.9. The number of amides is 1. The molecule has 0 aromatic heterocycles. The maximum Gasteiger partial charge on any atom is 0.224 e. The van der Waals surface area contributed by atoms with E-state index in [0.29, 0.717) is 12.3 Å². The lowest BCUT2D eigenvalue weighted by Gasteiger charge is -2.21. The predicted molar refractivity (Wildman–Crippen MR) is 76.0 cm³/mol. The maximum absolute atomic E-state index is 11.9. The normalized spacial score (nSPS) is 13.9. The first-order valence-corrected chi connectivity index (χ1v) is 6.82. The number of benzene rings is 1. The molecule has 0 unspecified atom stereocenters. The summed E-state index contributed by atoms with van der Waals surface area (Å²) >= 11 is 0. The van der Waals surface area contributed by atoms with E-state index < -0.39 is 0 Å². The Morgan fingerprint density at radius 3 is 3.06 bits per heavy atom. The van der Waals surface area contributed by atoms with E-state index in [0.717, 1.165) is 31.5 Å². The molecule has 1 aliphatic rings. The Kier molecular flexibility index (Phi) is 4.24. The number of hydrogen-bond donors (Lipinski definition) is 2. The molecule has 0 fully saturated rings. The molecule has 18 heavy (non-hydrogen) atoms. The minimum atomic E-state index is 0.127. The van der Waals surface area contributed by atoms with Gasteiger partial charge in [0.1, 0.15) is 0 Å². The third-order valence-corrected chi connectivity index (χ3v) is 3.32. The van der Waals surface area contributed by atoms with E-state index in [1.807, 2.05) is 12.1 Å². The van der Waals surface area contributed by atoms with Gasteiger partial charge in [-0.1, -0.05) is 19.9 Å². The second-order valence-corrected chi connectivity index (χ2v) is 5.34. The minimum Gasteiger partial charge on any atom is -0.385 e. The van der Waals surface area contributed by atoms with Gasteiger partial charge in [0.15, 0.2) is 0 Å². The highest BCUT2D eigenvalue weighted by molar-refractivity contribution is 5.92. The first-order valence-electron chi connectivity index (χ1n) is 6.82. The zero-order valence-corrected chi connectivity index (χ0v) is 11.3. The van der Waals surface area contributed by atoms with Gasteiger partial charge in [0.2, 0.25) is 5.91 Å². The van der Waals surface area contributed by atoms with Crippen molar-refractivity contribution >= 4 is 17.3 Å². The van der Waals surface area contributed by atoms with Crippen LogP contribution in [0.25, 0.3) is 0 Å². The summed E-state index contributed by atoms with van der Waals surface area (Å²) < 4.78 is 0. The van der Waals surface area contributed by atoms with E-state index in [9.17, 15) is 4.79 Å². The van der Waals surface area contributed by atoms with Crippen LogP contribution in [0.15, 0.2) is 18.2 Å². The van der Waals surface area contributed by atoms with Gasteiger partial charge in [0, 0.05) is 24.3 Å². The van der Waals surface area contributed by atoms with Crippen molar-refractivity contribution in [3.8, 4) is 0 Å². The van der Waals surface area contributed by atoms with Gasteiger partial charge in [0.25, 0.3) is 0 Å². The fraction of sp³-hybridized carbons (Fsp3) is 0.533. The zero-order chi connectivity index (χ0) is 13.0. The van der Waals surface area contributed by atoms with Crippen molar-refractivity contribution in [1.82, 2.24) is 0 Å². The van der Waals surface area contributed by atoms with Gasteiger partial charge in [-0.2, -0.15) is 0 Å². The highest BCUT2D eigenvalue weighted by Crippen LogP contribution is 2.29. The fourth-order valence-corrected chi connectivity index (χ4v) is 2.26. The van der Waals surface area contributed by atoms with Gasteiger partial charge >= 0.3 is 0 Å². The van der Waals surface area contributed by atoms with Crippen LogP contribution < -0.4 is 10.6 Å². The molecular formula is C15H22N2O. The second-order valence-electron chi connectivity index (χ2n) is 5.34. The summed E-state index contributed by atoms with van der Waals surface area (Å²) in [6, 6.07) is 6.08. The highest BCUT2D eigenvalue weighted by Gasteiger charge is 2.14. The standard InChI is InChI=1S/C15H22N2O/c1-11(2)8-9-15(18)17-14-7-3-6-13-12(14)5-4-10-16-13/h3,6-7,11,16H,4-5,8-10H2,1-2H3,(H,17,18). The smallest absolute Gasteiger partial charge is 0.224 e. The molecule has 2 rings (SSSR count). The third kappa shape index (κ3) is 3.25. The van der Waals surface area contributed by atoms with Crippen molar-refractivity contribution in [2.24, 2.45) is 5.92 Å². The summed E-state index contributed by atoms with van der Waals surface area (Å²) in [5.41, 5.74) is 3.40. The lowest BCUT2D eigenvalue weighted by atomic mass is 10.0. The van der Waals surface area contributed by atoms with Crippen molar-refractivity contribution in [2.45, 2.75) is 39.5 Å². The molecular weight excluding hydrogens is 224 g/mol. The van der Waals surface area contributed by atoms with Gasteiger partial charge in [-0.15, -0.1) is 0 Å². The first-order chi connectivity index (χ1) is 8.66. The molecule has 1 aliphatic heterocycles. The van der Waals surface area contributed by atoms with Gasteiger partial charge < -0.3 is 10.6 Å². The predicted octanol–water partition coefficient (Wildman–Crippen LogP) is 3.42. The SMILES string of the molecule is CC(C)CCC(=O)Nc1cccc2c1CCCN2. The van der Waals surface area contributed by atoms with E-state index in [2.05, 4.69) is 30.5 Å². The molecule has 1 aromatic carbocycles. The molecule has 98 valence electrons. The summed E-state index contributed by atoms with van der Waals surface area (Å²) in [6.45, 7) is 5.31. The average molecular weight is 246 g/mol. The number of rotatable bonds is 4. The topological polar surface area (TPSA) is 41.1 Å². The Balaban J connectivity index is 2.03. The van der Waals surface area contributed by atoms with Gasteiger partial charge in [-0.25, -0.2) is 0 Å². The number of hydrogen-bond acceptors (Lipinski definition) is 2. The molecule has 0 bridgehead atoms. The monoisotopic (exact) mass is 246 g/mol. The molecule has 0 saturated heterocycles. The van der Waals surface area contributed by atoms with Crippen LogP contribution in [0.4, 0.5) is 11.4 Å². The van der Waals surface area contributed by atoms with E-state index >= 15 is 0 Å². The quantitative estimate of drug-likeness (QED) is 0.854. The average Bonchev–Trinajstić information content (AvgIpc) is 2.37. The van der Waals surface area contributed by atoms with Crippen molar-refractivity contribution in [1.29, 1.82) is 0 Å². The van der Waals surface area contributed by atoms with Crippen LogP contribution in [0.5, 0.6) is 0 Å². The second kappa shape index (κ2) is 5.89. The molecule has 3 heteroatoms. The summed E-state index contributed by atoms with van der Waals surface area (Å²) in [5.74, 6) is 0.699. The summed E-state index contributed by atoms with van der Waals surface area (Å²) in [6.07, 6.45) is 3.72. The van der Waals surface area contributed by atoms with Gasteiger partial charge in [-0.05, 0) is 42.9 Å². The Labute approximate surface area is 109 Å². The van der Waals surface area contributed by atoms with Crippen LogP contribution in [0.3, 0.4) is 0 Å². The number of fused-ring (bicyclic) bond motifs is 1. The molecule has 1 amide bonds. The van der Waals surface area contributed by atoms with Crippen LogP contribution >= 0.6 is 0 Å². The summed E-state index contributed by atoms with van der Waals surface area (Å²) in [7, 11) is 0. The van der Waals surface area contributed by atoms with Crippen molar-refractivity contribution < 1.29 is 4.79 Å². The van der Waals surface area contributed by atoms with E-state index in [1.54, 1.807) is 0 Å². The molecule has 3 nitrogen and oxygen atoms in total. The van der Waals surface area contributed by atoms with E-state index in [4.69, 9.17) is 0 Å². The highest BCUT2D eigenvalue weighted by atomic mass is 16.1.